The molecule has 0 unspecified atom stereocenters. The van der Waals surface area contributed by atoms with Crippen LogP contribution in [-0.2, 0) is 6.18 Å². The Morgan fingerprint density at radius 3 is 2.15 bits per heavy atom. The van der Waals surface area contributed by atoms with Gasteiger partial charge in [-0.15, -0.1) is 0 Å². The molecule has 0 aliphatic rings. The molecule has 0 aromatic heterocycles. The van der Waals surface area contributed by atoms with Crippen LogP contribution in [0.15, 0.2) is 12.1 Å². The highest BCUT2D eigenvalue weighted by molar-refractivity contribution is 5.60. The molecular formula is C8H9F3N2. The molecule has 0 spiro atoms. The highest BCUT2D eigenvalue weighted by Gasteiger charge is 2.33. The third-order valence-corrected chi connectivity index (χ3v) is 1.78. The molecule has 2 nitrogen and oxygen atoms in total. The maximum absolute atomic E-state index is 12.3. The van der Waals surface area contributed by atoms with Crippen molar-refractivity contribution in [2.45, 2.75) is 13.1 Å². The fourth-order valence-corrected chi connectivity index (χ4v) is 1.05. The number of hydrogen-bond acceptors (Lipinski definition) is 2. The van der Waals surface area contributed by atoms with Gasteiger partial charge in [-0.2, -0.15) is 13.2 Å². The molecule has 0 saturated carbocycles. The lowest BCUT2D eigenvalue weighted by atomic mass is 10.1. The van der Waals surface area contributed by atoms with Crippen LogP contribution < -0.4 is 11.5 Å². The van der Waals surface area contributed by atoms with E-state index in [2.05, 4.69) is 0 Å². The maximum Gasteiger partial charge on any atom is 0.416 e. The number of rotatable bonds is 0. The van der Waals surface area contributed by atoms with E-state index in [0.717, 1.165) is 6.07 Å². The zero-order valence-corrected chi connectivity index (χ0v) is 6.94. The minimum absolute atomic E-state index is 0.0155. The van der Waals surface area contributed by atoms with E-state index in [0.29, 0.717) is 0 Å². The highest BCUT2D eigenvalue weighted by atomic mass is 19.4. The topological polar surface area (TPSA) is 52.0 Å². The number of benzene rings is 1. The number of nitrogen functional groups attached to an aromatic ring is 2. The number of alkyl halides is 3. The van der Waals surface area contributed by atoms with Gasteiger partial charge < -0.3 is 11.5 Å². The second-order valence-corrected chi connectivity index (χ2v) is 2.78. The predicted molar refractivity (Wildman–Crippen MR) is 45.0 cm³/mol. The van der Waals surface area contributed by atoms with Crippen molar-refractivity contribution >= 4 is 11.4 Å². The fourth-order valence-electron chi connectivity index (χ4n) is 1.05. The first-order valence-electron chi connectivity index (χ1n) is 3.55. The van der Waals surface area contributed by atoms with Crippen molar-refractivity contribution in [2.24, 2.45) is 0 Å². The van der Waals surface area contributed by atoms with Gasteiger partial charge in [-0.3, -0.25) is 0 Å². The number of halogens is 3. The molecule has 0 bridgehead atoms. The van der Waals surface area contributed by atoms with Crippen LogP contribution in [0.2, 0.25) is 0 Å². The zero-order chi connectivity index (χ0) is 10.2. The summed E-state index contributed by atoms with van der Waals surface area (Å²) in [6.45, 7) is 1.32. The van der Waals surface area contributed by atoms with E-state index in [4.69, 9.17) is 11.5 Å². The summed E-state index contributed by atoms with van der Waals surface area (Å²) in [5, 5.41) is 0. The molecule has 0 aliphatic heterocycles. The van der Waals surface area contributed by atoms with Crippen LogP contribution in [0.3, 0.4) is 0 Å². The summed E-state index contributed by atoms with van der Waals surface area (Å²) in [5.41, 5.74) is 9.91. The minimum atomic E-state index is -4.40. The van der Waals surface area contributed by atoms with Gasteiger partial charge in [0.05, 0.1) is 5.56 Å². The molecule has 0 amide bonds. The summed E-state index contributed by atoms with van der Waals surface area (Å²) in [5.74, 6) is 0. The van der Waals surface area contributed by atoms with Gasteiger partial charge >= 0.3 is 6.18 Å². The van der Waals surface area contributed by atoms with Gasteiger partial charge in [-0.1, -0.05) is 0 Å². The van der Waals surface area contributed by atoms with E-state index in [-0.39, 0.29) is 16.9 Å². The lowest BCUT2D eigenvalue weighted by molar-refractivity contribution is -0.137. The molecule has 0 saturated heterocycles. The monoisotopic (exact) mass is 190 g/mol. The summed E-state index contributed by atoms with van der Waals surface area (Å²) < 4.78 is 36.9. The van der Waals surface area contributed by atoms with E-state index in [1.165, 1.54) is 13.0 Å². The first-order chi connectivity index (χ1) is 5.82. The molecule has 0 radical (unpaired) electrons. The quantitative estimate of drug-likeness (QED) is 0.616. The van der Waals surface area contributed by atoms with Crippen molar-refractivity contribution in [3.63, 3.8) is 0 Å². The second kappa shape index (κ2) is 2.83. The van der Waals surface area contributed by atoms with Crippen molar-refractivity contribution in [3.05, 3.63) is 23.3 Å². The third kappa shape index (κ3) is 1.85. The molecule has 13 heavy (non-hydrogen) atoms. The predicted octanol–water partition coefficient (Wildman–Crippen LogP) is 2.18. The van der Waals surface area contributed by atoms with Crippen molar-refractivity contribution in [1.29, 1.82) is 0 Å². The largest absolute Gasteiger partial charge is 0.416 e. The van der Waals surface area contributed by atoms with Gasteiger partial charge in [0.2, 0.25) is 0 Å². The third-order valence-electron chi connectivity index (χ3n) is 1.78. The molecular weight excluding hydrogens is 181 g/mol. The maximum atomic E-state index is 12.3. The van der Waals surface area contributed by atoms with E-state index in [9.17, 15) is 13.2 Å². The van der Waals surface area contributed by atoms with Crippen LogP contribution in [0, 0.1) is 6.92 Å². The Bertz CT molecular complexity index is 331. The Morgan fingerprint density at radius 1 is 1.15 bits per heavy atom. The van der Waals surface area contributed by atoms with Crippen molar-refractivity contribution in [2.75, 3.05) is 11.5 Å². The molecule has 4 N–H and O–H groups in total. The van der Waals surface area contributed by atoms with Crippen LogP contribution in [0.1, 0.15) is 11.1 Å². The molecule has 1 aromatic rings. The average Bonchev–Trinajstić information content (AvgIpc) is 1.94. The first-order valence-corrected chi connectivity index (χ1v) is 3.55. The summed E-state index contributed by atoms with van der Waals surface area (Å²) in [7, 11) is 0. The van der Waals surface area contributed by atoms with Crippen LogP contribution >= 0.6 is 0 Å². The Kier molecular flexibility index (Phi) is 2.11. The Morgan fingerprint density at radius 2 is 1.69 bits per heavy atom. The number of hydrogen-bond donors (Lipinski definition) is 2. The highest BCUT2D eigenvalue weighted by Crippen LogP contribution is 2.35. The van der Waals surface area contributed by atoms with Gasteiger partial charge in [0, 0.05) is 11.4 Å². The Balaban J connectivity index is 3.37. The molecule has 5 heteroatoms. The normalized spacial score (nSPS) is 11.7. The molecule has 1 aromatic carbocycles. The molecule has 1 rings (SSSR count). The number of anilines is 2. The summed E-state index contributed by atoms with van der Waals surface area (Å²) in [4.78, 5) is 0. The van der Waals surface area contributed by atoms with Crippen LogP contribution in [0.5, 0.6) is 0 Å². The fraction of sp³-hybridized carbons (Fsp3) is 0.250. The van der Waals surface area contributed by atoms with Crippen LogP contribution in [0.25, 0.3) is 0 Å². The Hall–Kier alpha value is -1.39. The van der Waals surface area contributed by atoms with Crippen molar-refractivity contribution in [1.82, 2.24) is 0 Å². The van der Waals surface area contributed by atoms with E-state index in [1.807, 2.05) is 0 Å². The van der Waals surface area contributed by atoms with Crippen molar-refractivity contribution in [3.8, 4) is 0 Å². The van der Waals surface area contributed by atoms with Gasteiger partial charge in [0.25, 0.3) is 0 Å². The van der Waals surface area contributed by atoms with E-state index >= 15 is 0 Å². The average molecular weight is 190 g/mol. The van der Waals surface area contributed by atoms with Gasteiger partial charge in [0.1, 0.15) is 0 Å². The SMILES string of the molecule is Cc1c(N)cc(N)cc1C(F)(F)F. The van der Waals surface area contributed by atoms with Gasteiger partial charge in [-0.25, -0.2) is 0 Å². The van der Waals surface area contributed by atoms with Gasteiger partial charge in [-0.05, 0) is 24.6 Å². The standard InChI is InChI=1S/C8H9F3N2/c1-4-6(8(9,10)11)2-5(12)3-7(4)13/h2-3H,12-13H2,1H3. The first kappa shape index (κ1) is 9.70. The number of nitrogens with two attached hydrogens (primary N) is 2. The van der Waals surface area contributed by atoms with Crippen LogP contribution in [0.4, 0.5) is 24.5 Å². The zero-order valence-electron chi connectivity index (χ0n) is 6.94. The molecule has 0 heterocycles. The van der Waals surface area contributed by atoms with Crippen LogP contribution in [-0.4, -0.2) is 0 Å². The molecule has 72 valence electrons. The smallest absolute Gasteiger partial charge is 0.399 e. The van der Waals surface area contributed by atoms with Crippen molar-refractivity contribution < 1.29 is 13.2 Å². The molecule has 0 aliphatic carbocycles. The minimum Gasteiger partial charge on any atom is -0.399 e. The second-order valence-electron chi connectivity index (χ2n) is 2.78. The summed E-state index contributed by atoms with van der Waals surface area (Å²) >= 11 is 0. The van der Waals surface area contributed by atoms with E-state index in [1.54, 1.807) is 0 Å². The Labute approximate surface area is 73.3 Å². The molecule has 0 atom stereocenters. The lowest BCUT2D eigenvalue weighted by Gasteiger charge is -2.12. The van der Waals surface area contributed by atoms with Gasteiger partial charge in [0.15, 0.2) is 0 Å². The summed E-state index contributed by atoms with van der Waals surface area (Å²) in [6.07, 6.45) is -4.40. The van der Waals surface area contributed by atoms with E-state index < -0.39 is 11.7 Å². The summed E-state index contributed by atoms with van der Waals surface area (Å²) in [6, 6.07) is 2.19. The lowest BCUT2D eigenvalue weighted by Crippen LogP contribution is -2.10. The molecule has 0 fully saturated rings.